The summed E-state index contributed by atoms with van der Waals surface area (Å²) in [6.07, 6.45) is 2.58. The topological polar surface area (TPSA) is 72.2 Å². The van der Waals surface area contributed by atoms with Crippen molar-refractivity contribution in [3.8, 4) is 0 Å². The molecule has 0 fully saturated rings. The van der Waals surface area contributed by atoms with Crippen molar-refractivity contribution in [1.29, 1.82) is 0 Å². The molecular weight excluding hydrogens is 312 g/mol. The van der Waals surface area contributed by atoms with E-state index in [0.29, 0.717) is 12.8 Å². The maximum atomic E-state index is 11.0. The number of hydrogen-bond donors (Lipinski definition) is 2. The summed E-state index contributed by atoms with van der Waals surface area (Å²) in [6, 6.07) is 2.01. The van der Waals surface area contributed by atoms with Gasteiger partial charge in [-0.25, -0.2) is 8.42 Å². The molecular formula is C9H15BrN2O2S2. The van der Waals surface area contributed by atoms with E-state index in [0.717, 1.165) is 9.35 Å². The second kappa shape index (κ2) is 6.11. The summed E-state index contributed by atoms with van der Waals surface area (Å²) in [4.78, 5) is 0. The van der Waals surface area contributed by atoms with Crippen LogP contribution in [0.25, 0.3) is 0 Å². The summed E-state index contributed by atoms with van der Waals surface area (Å²) in [5, 5.41) is 2.01. The highest BCUT2D eigenvalue weighted by molar-refractivity contribution is 9.11. The molecule has 0 radical (unpaired) electrons. The maximum Gasteiger partial charge on any atom is 0.147 e. The van der Waals surface area contributed by atoms with Crippen molar-refractivity contribution in [2.45, 2.75) is 18.9 Å². The molecule has 3 N–H and O–H groups in total. The van der Waals surface area contributed by atoms with Crippen molar-refractivity contribution in [3.63, 3.8) is 0 Å². The molecule has 0 aliphatic carbocycles. The minimum atomic E-state index is -2.88. The molecule has 1 atom stereocenters. The van der Waals surface area contributed by atoms with Crippen LogP contribution in [0.15, 0.2) is 15.2 Å². The summed E-state index contributed by atoms with van der Waals surface area (Å²) in [5.74, 6) is 5.66. The molecule has 0 aromatic carbocycles. The van der Waals surface area contributed by atoms with Crippen LogP contribution in [0.5, 0.6) is 0 Å². The van der Waals surface area contributed by atoms with Gasteiger partial charge in [0.2, 0.25) is 0 Å². The molecule has 4 nitrogen and oxygen atoms in total. The van der Waals surface area contributed by atoms with Gasteiger partial charge in [-0.2, -0.15) is 0 Å². The van der Waals surface area contributed by atoms with Crippen molar-refractivity contribution >= 4 is 37.1 Å². The number of halogens is 1. The van der Waals surface area contributed by atoms with E-state index in [4.69, 9.17) is 5.84 Å². The number of hydrogen-bond acceptors (Lipinski definition) is 5. The molecule has 0 aliphatic heterocycles. The standard InChI is InChI=1S/C9H15BrN2O2S2/c1-16(13,14)4-2-3-8(12-11)7-5-9(10)15-6-7/h5-6,8,12H,2-4,11H2,1H3. The van der Waals surface area contributed by atoms with E-state index < -0.39 is 9.84 Å². The maximum absolute atomic E-state index is 11.0. The third-order valence-electron chi connectivity index (χ3n) is 2.20. The van der Waals surface area contributed by atoms with Gasteiger partial charge in [0.25, 0.3) is 0 Å². The van der Waals surface area contributed by atoms with E-state index in [-0.39, 0.29) is 11.8 Å². The molecule has 1 unspecified atom stereocenters. The molecule has 7 heteroatoms. The zero-order valence-electron chi connectivity index (χ0n) is 8.94. The zero-order valence-corrected chi connectivity index (χ0v) is 12.2. The Kier molecular flexibility index (Phi) is 5.39. The molecule has 92 valence electrons. The molecule has 1 heterocycles. The molecule has 0 spiro atoms. The van der Waals surface area contributed by atoms with E-state index in [1.807, 2.05) is 11.4 Å². The molecule has 16 heavy (non-hydrogen) atoms. The Morgan fingerprint density at radius 2 is 2.31 bits per heavy atom. The monoisotopic (exact) mass is 326 g/mol. The lowest BCUT2D eigenvalue weighted by Gasteiger charge is -2.13. The van der Waals surface area contributed by atoms with Gasteiger partial charge in [0.15, 0.2) is 0 Å². The summed E-state index contributed by atoms with van der Waals surface area (Å²) in [5.41, 5.74) is 3.80. The first-order valence-corrected chi connectivity index (χ1v) is 8.53. The van der Waals surface area contributed by atoms with Crippen LogP contribution in [-0.2, 0) is 9.84 Å². The second-order valence-electron chi connectivity index (χ2n) is 3.68. The average Bonchev–Trinajstić information content (AvgIpc) is 2.58. The van der Waals surface area contributed by atoms with Gasteiger partial charge in [0.05, 0.1) is 3.79 Å². The van der Waals surface area contributed by atoms with E-state index in [1.165, 1.54) is 6.26 Å². The third-order valence-corrected chi connectivity index (χ3v) is 4.75. The normalized spacial score (nSPS) is 13.9. The first-order chi connectivity index (χ1) is 7.42. The summed E-state index contributed by atoms with van der Waals surface area (Å²) in [6.45, 7) is 0. The largest absolute Gasteiger partial charge is 0.271 e. The van der Waals surface area contributed by atoms with E-state index in [2.05, 4.69) is 21.4 Å². The smallest absolute Gasteiger partial charge is 0.147 e. The first kappa shape index (κ1) is 14.1. The van der Waals surface area contributed by atoms with Crippen molar-refractivity contribution in [2.24, 2.45) is 5.84 Å². The molecule has 0 aliphatic rings. The minimum absolute atomic E-state index is 0.0179. The number of nitrogens with one attached hydrogen (secondary N) is 1. The number of sulfone groups is 1. The summed E-state index contributed by atoms with van der Waals surface area (Å²) in [7, 11) is -2.88. The van der Waals surface area contributed by atoms with Crippen molar-refractivity contribution in [3.05, 3.63) is 20.8 Å². The van der Waals surface area contributed by atoms with Crippen molar-refractivity contribution in [2.75, 3.05) is 12.0 Å². The third kappa shape index (κ3) is 4.92. The van der Waals surface area contributed by atoms with Crippen LogP contribution in [0.2, 0.25) is 0 Å². The molecule has 0 bridgehead atoms. The summed E-state index contributed by atoms with van der Waals surface area (Å²) >= 11 is 4.97. The highest BCUT2D eigenvalue weighted by atomic mass is 79.9. The van der Waals surface area contributed by atoms with Crippen LogP contribution in [0.4, 0.5) is 0 Å². The van der Waals surface area contributed by atoms with Crippen LogP contribution in [0.1, 0.15) is 24.4 Å². The Morgan fingerprint density at radius 3 is 2.75 bits per heavy atom. The molecule has 1 aromatic rings. The minimum Gasteiger partial charge on any atom is -0.271 e. The molecule has 1 aromatic heterocycles. The lowest BCUT2D eigenvalue weighted by atomic mass is 10.1. The van der Waals surface area contributed by atoms with Gasteiger partial charge in [0.1, 0.15) is 9.84 Å². The van der Waals surface area contributed by atoms with E-state index in [1.54, 1.807) is 11.3 Å². The number of rotatable bonds is 6. The van der Waals surface area contributed by atoms with Crippen LogP contribution < -0.4 is 11.3 Å². The van der Waals surface area contributed by atoms with E-state index in [9.17, 15) is 8.42 Å². The Bertz CT molecular complexity index is 430. The lowest BCUT2D eigenvalue weighted by Crippen LogP contribution is -2.28. The lowest BCUT2D eigenvalue weighted by molar-refractivity contribution is 0.509. The Morgan fingerprint density at radius 1 is 1.62 bits per heavy atom. The van der Waals surface area contributed by atoms with Gasteiger partial charge in [-0.15, -0.1) is 11.3 Å². The van der Waals surface area contributed by atoms with E-state index >= 15 is 0 Å². The fourth-order valence-corrected chi connectivity index (χ4v) is 3.32. The van der Waals surface area contributed by atoms with Crippen molar-refractivity contribution in [1.82, 2.24) is 5.43 Å². The Hall–Kier alpha value is 0.0500. The summed E-state index contributed by atoms with van der Waals surface area (Å²) < 4.78 is 23.0. The SMILES string of the molecule is CS(=O)(=O)CCCC(NN)c1csc(Br)c1. The van der Waals surface area contributed by atoms with Crippen LogP contribution in [-0.4, -0.2) is 20.4 Å². The molecule has 0 saturated carbocycles. The highest BCUT2D eigenvalue weighted by Gasteiger charge is 2.12. The molecule has 0 saturated heterocycles. The van der Waals surface area contributed by atoms with Gasteiger partial charge in [-0.05, 0) is 45.8 Å². The van der Waals surface area contributed by atoms with Gasteiger partial charge >= 0.3 is 0 Å². The number of thiophene rings is 1. The Balaban J connectivity index is 2.50. The first-order valence-electron chi connectivity index (χ1n) is 4.80. The van der Waals surface area contributed by atoms with Gasteiger partial charge in [0, 0.05) is 18.1 Å². The fraction of sp³-hybridized carbons (Fsp3) is 0.556. The predicted molar refractivity (Wildman–Crippen MR) is 71.0 cm³/mol. The van der Waals surface area contributed by atoms with Crippen molar-refractivity contribution < 1.29 is 8.42 Å². The Labute approximate surface area is 108 Å². The van der Waals surface area contributed by atoms with Crippen LogP contribution >= 0.6 is 27.3 Å². The number of hydrazine groups is 1. The second-order valence-corrected chi connectivity index (χ2v) is 8.23. The highest BCUT2D eigenvalue weighted by Crippen LogP contribution is 2.27. The van der Waals surface area contributed by atoms with Gasteiger partial charge in [-0.3, -0.25) is 11.3 Å². The van der Waals surface area contributed by atoms with Crippen LogP contribution in [0, 0.1) is 0 Å². The zero-order chi connectivity index (χ0) is 12.2. The predicted octanol–water partition coefficient (Wildman–Crippen LogP) is 1.84. The molecule has 0 amide bonds. The molecule has 1 rings (SSSR count). The quantitative estimate of drug-likeness (QED) is 0.618. The number of nitrogens with two attached hydrogens (primary N) is 1. The van der Waals surface area contributed by atoms with Gasteiger partial charge < -0.3 is 0 Å². The van der Waals surface area contributed by atoms with Crippen LogP contribution in [0.3, 0.4) is 0 Å². The average molecular weight is 327 g/mol. The van der Waals surface area contributed by atoms with Gasteiger partial charge in [-0.1, -0.05) is 0 Å². The fourth-order valence-electron chi connectivity index (χ4n) is 1.40.